The van der Waals surface area contributed by atoms with E-state index < -0.39 is 0 Å². The lowest BCUT2D eigenvalue weighted by Crippen LogP contribution is -2.34. The number of ether oxygens (including phenoxy) is 2. The summed E-state index contributed by atoms with van der Waals surface area (Å²) >= 11 is 0. The Kier molecular flexibility index (Phi) is 6.25. The smallest absolute Gasteiger partial charge is 0.336 e. The first kappa shape index (κ1) is 17.6. The molecule has 0 spiro atoms. The maximum absolute atomic E-state index is 12.4. The van der Waals surface area contributed by atoms with Crippen LogP contribution in [0.25, 0.3) is 0 Å². The van der Waals surface area contributed by atoms with Gasteiger partial charge in [-0.3, -0.25) is 0 Å². The minimum atomic E-state index is -0.362. The third kappa shape index (κ3) is 3.95. The quantitative estimate of drug-likeness (QED) is 0.637. The fourth-order valence-corrected chi connectivity index (χ4v) is 3.67. The van der Waals surface area contributed by atoms with Gasteiger partial charge in [0.2, 0.25) is 0 Å². The number of rotatable bonds is 4. The van der Waals surface area contributed by atoms with E-state index in [2.05, 4.69) is 5.32 Å². The molecule has 0 radical (unpaired) electrons. The monoisotopic (exact) mass is 321 g/mol. The first-order valence-electron chi connectivity index (χ1n) is 8.53. The zero-order valence-electron chi connectivity index (χ0n) is 14.3. The number of carbonyl (C=O) groups excluding carboxylic acids is 2. The number of carbonyl (C=O) groups is 2. The van der Waals surface area contributed by atoms with Crippen LogP contribution >= 0.6 is 0 Å². The van der Waals surface area contributed by atoms with Crippen molar-refractivity contribution >= 4 is 11.9 Å². The van der Waals surface area contributed by atoms with Crippen LogP contribution in [-0.2, 0) is 19.1 Å². The maximum atomic E-state index is 12.4. The summed E-state index contributed by atoms with van der Waals surface area (Å²) in [5.74, 6) is -0.664. The molecule has 0 aromatic carbocycles. The maximum Gasteiger partial charge on any atom is 0.336 e. The molecule has 1 saturated carbocycles. The summed E-state index contributed by atoms with van der Waals surface area (Å²) in [5, 5.41) is 3.04. The van der Waals surface area contributed by atoms with E-state index >= 15 is 0 Å². The summed E-state index contributed by atoms with van der Waals surface area (Å²) in [4.78, 5) is 24.7. The molecule has 128 valence electrons. The third-order valence-electron chi connectivity index (χ3n) is 4.78. The molecule has 1 atom stereocenters. The molecule has 0 saturated heterocycles. The molecule has 1 heterocycles. The minimum Gasteiger partial charge on any atom is -0.466 e. The van der Waals surface area contributed by atoms with E-state index in [1.807, 2.05) is 6.92 Å². The highest BCUT2D eigenvalue weighted by Gasteiger charge is 2.39. The van der Waals surface area contributed by atoms with Crippen molar-refractivity contribution in [3.8, 4) is 0 Å². The fraction of sp³-hybridized carbons (Fsp3) is 0.667. The summed E-state index contributed by atoms with van der Waals surface area (Å²) in [5.41, 5.74) is 1.88. The zero-order valence-corrected chi connectivity index (χ0v) is 14.3. The second-order valence-corrected chi connectivity index (χ2v) is 6.22. The van der Waals surface area contributed by atoms with Crippen molar-refractivity contribution in [2.75, 3.05) is 13.7 Å². The number of esters is 2. The molecular formula is C18H27NO4. The van der Waals surface area contributed by atoms with Crippen molar-refractivity contribution in [1.29, 1.82) is 0 Å². The van der Waals surface area contributed by atoms with Crippen LogP contribution in [0.5, 0.6) is 0 Å². The molecular weight excluding hydrogens is 294 g/mol. The van der Waals surface area contributed by atoms with E-state index in [1.165, 1.54) is 20.0 Å². The summed E-state index contributed by atoms with van der Waals surface area (Å²) < 4.78 is 10.2. The van der Waals surface area contributed by atoms with Gasteiger partial charge in [-0.2, -0.15) is 0 Å². The fourth-order valence-electron chi connectivity index (χ4n) is 3.67. The summed E-state index contributed by atoms with van der Waals surface area (Å²) in [7, 11) is 1.38. The van der Waals surface area contributed by atoms with E-state index in [9.17, 15) is 9.59 Å². The topological polar surface area (TPSA) is 64.6 Å². The normalized spacial score (nSPS) is 22.7. The van der Waals surface area contributed by atoms with Crippen LogP contribution in [0.4, 0.5) is 0 Å². The second-order valence-electron chi connectivity index (χ2n) is 6.22. The summed E-state index contributed by atoms with van der Waals surface area (Å²) in [6, 6.07) is 0. The molecule has 1 unspecified atom stereocenters. The van der Waals surface area contributed by atoms with Gasteiger partial charge in [0.25, 0.3) is 0 Å². The molecule has 0 bridgehead atoms. The Morgan fingerprint density at radius 1 is 1.17 bits per heavy atom. The first-order valence-corrected chi connectivity index (χ1v) is 8.53. The van der Waals surface area contributed by atoms with Crippen molar-refractivity contribution in [2.45, 2.75) is 52.4 Å². The van der Waals surface area contributed by atoms with Crippen LogP contribution in [0.2, 0.25) is 0 Å². The van der Waals surface area contributed by atoms with Crippen LogP contribution in [0.3, 0.4) is 0 Å². The zero-order chi connectivity index (χ0) is 16.8. The molecule has 0 aromatic heterocycles. The number of nitrogens with one attached hydrogen (secondary N) is 1. The van der Waals surface area contributed by atoms with E-state index in [-0.39, 0.29) is 23.8 Å². The van der Waals surface area contributed by atoms with Crippen LogP contribution in [0.15, 0.2) is 23.0 Å². The van der Waals surface area contributed by atoms with E-state index in [0.717, 1.165) is 31.4 Å². The lowest BCUT2D eigenvalue weighted by molar-refractivity contribution is -0.139. The Hall–Kier alpha value is -1.78. The van der Waals surface area contributed by atoms with Crippen molar-refractivity contribution < 1.29 is 19.1 Å². The molecule has 5 heteroatoms. The van der Waals surface area contributed by atoms with Gasteiger partial charge in [0, 0.05) is 17.8 Å². The number of methoxy groups -OCH3 is 1. The van der Waals surface area contributed by atoms with Gasteiger partial charge in [0.1, 0.15) is 0 Å². The van der Waals surface area contributed by atoms with Gasteiger partial charge in [0.15, 0.2) is 0 Å². The molecule has 0 aromatic rings. The van der Waals surface area contributed by atoms with E-state index in [4.69, 9.17) is 9.47 Å². The van der Waals surface area contributed by atoms with Crippen LogP contribution in [0.1, 0.15) is 52.4 Å². The molecule has 1 aliphatic heterocycles. The first-order chi connectivity index (χ1) is 11.1. The van der Waals surface area contributed by atoms with Crippen molar-refractivity contribution in [3.63, 3.8) is 0 Å². The molecule has 0 amide bonds. The Balaban J connectivity index is 2.38. The predicted octanol–water partition coefficient (Wildman–Crippen LogP) is 3.07. The number of hydrogen-bond acceptors (Lipinski definition) is 5. The number of dihydropyridines is 1. The van der Waals surface area contributed by atoms with Gasteiger partial charge in [0.05, 0.1) is 24.9 Å². The molecule has 1 aliphatic carbocycles. The van der Waals surface area contributed by atoms with Gasteiger partial charge < -0.3 is 14.8 Å². The molecule has 23 heavy (non-hydrogen) atoms. The Labute approximate surface area is 138 Å². The third-order valence-corrected chi connectivity index (χ3v) is 4.78. The lowest BCUT2D eigenvalue weighted by atomic mass is 9.75. The SMILES string of the molecule is CCOC(=O)C1=CNC(C)=C(C(=O)OC)C1C1CCCCCC1. The summed E-state index contributed by atoms with van der Waals surface area (Å²) in [6.07, 6.45) is 8.46. The Bertz CT molecular complexity index is 513. The average Bonchev–Trinajstić information content (AvgIpc) is 2.83. The van der Waals surface area contributed by atoms with Crippen molar-refractivity contribution in [1.82, 2.24) is 5.32 Å². The van der Waals surface area contributed by atoms with Gasteiger partial charge in [-0.1, -0.05) is 25.7 Å². The average molecular weight is 321 g/mol. The van der Waals surface area contributed by atoms with Gasteiger partial charge in [-0.05, 0) is 32.6 Å². The van der Waals surface area contributed by atoms with Gasteiger partial charge in [-0.15, -0.1) is 0 Å². The van der Waals surface area contributed by atoms with Crippen LogP contribution in [0, 0.1) is 11.8 Å². The highest BCUT2D eigenvalue weighted by Crippen LogP contribution is 2.40. The molecule has 5 nitrogen and oxygen atoms in total. The van der Waals surface area contributed by atoms with Gasteiger partial charge >= 0.3 is 11.9 Å². The highest BCUT2D eigenvalue weighted by atomic mass is 16.5. The molecule has 2 rings (SSSR count). The van der Waals surface area contributed by atoms with Crippen LogP contribution < -0.4 is 5.32 Å². The predicted molar refractivity (Wildman–Crippen MR) is 87.2 cm³/mol. The Morgan fingerprint density at radius 2 is 1.83 bits per heavy atom. The van der Waals surface area contributed by atoms with Gasteiger partial charge in [-0.25, -0.2) is 9.59 Å². The standard InChI is InChI=1S/C18H27NO4/c1-4-23-17(20)14-11-19-12(2)15(18(21)22-3)16(14)13-9-7-5-6-8-10-13/h11,13,16,19H,4-10H2,1-3H3. The lowest BCUT2D eigenvalue weighted by Gasteiger charge is -2.32. The number of hydrogen-bond donors (Lipinski definition) is 1. The van der Waals surface area contributed by atoms with E-state index in [1.54, 1.807) is 13.1 Å². The van der Waals surface area contributed by atoms with Crippen molar-refractivity contribution in [3.05, 3.63) is 23.0 Å². The summed E-state index contributed by atoms with van der Waals surface area (Å²) in [6.45, 7) is 3.97. The second kappa shape index (κ2) is 8.18. The van der Waals surface area contributed by atoms with E-state index in [0.29, 0.717) is 17.8 Å². The number of allylic oxidation sites excluding steroid dienone is 1. The van der Waals surface area contributed by atoms with Crippen molar-refractivity contribution in [2.24, 2.45) is 11.8 Å². The minimum absolute atomic E-state index is 0.235. The Morgan fingerprint density at radius 3 is 2.39 bits per heavy atom. The molecule has 1 N–H and O–H groups in total. The molecule has 2 aliphatic rings. The largest absolute Gasteiger partial charge is 0.466 e. The molecule has 1 fully saturated rings. The highest BCUT2D eigenvalue weighted by molar-refractivity contribution is 5.97. The van der Waals surface area contributed by atoms with Crippen LogP contribution in [-0.4, -0.2) is 25.7 Å².